The van der Waals surface area contributed by atoms with Gasteiger partial charge in [0.25, 0.3) is 0 Å². The van der Waals surface area contributed by atoms with E-state index in [9.17, 15) is 4.79 Å². The van der Waals surface area contributed by atoms with Crippen LogP contribution in [-0.4, -0.2) is 12.0 Å². The maximum Gasteiger partial charge on any atom is 0.301 e. The molecule has 5 nitrogen and oxygen atoms in total. The van der Waals surface area contributed by atoms with Gasteiger partial charge in [-0.1, -0.05) is 13.8 Å². The number of nitrogen functional groups attached to an aromatic ring is 1. The van der Waals surface area contributed by atoms with E-state index < -0.39 is 5.91 Å². The summed E-state index contributed by atoms with van der Waals surface area (Å²) in [6.45, 7) is 4.98. The molecule has 0 aromatic carbocycles. The second kappa shape index (κ2) is 5.75. The van der Waals surface area contributed by atoms with Crippen molar-refractivity contribution in [1.82, 2.24) is 5.43 Å². The van der Waals surface area contributed by atoms with E-state index in [0.717, 1.165) is 18.4 Å². The summed E-state index contributed by atoms with van der Waals surface area (Å²) in [5, 5.41) is 0. The molecule has 0 radical (unpaired) electrons. The lowest BCUT2D eigenvalue weighted by atomic mass is 9.76. The van der Waals surface area contributed by atoms with Gasteiger partial charge < -0.3 is 9.15 Å². The van der Waals surface area contributed by atoms with E-state index in [4.69, 9.17) is 15.0 Å². The Morgan fingerprint density at radius 1 is 1.53 bits per heavy atom. The van der Waals surface area contributed by atoms with Crippen molar-refractivity contribution in [3.63, 3.8) is 0 Å². The van der Waals surface area contributed by atoms with Gasteiger partial charge in [0, 0.05) is 5.56 Å². The summed E-state index contributed by atoms with van der Waals surface area (Å²) in [6, 6.07) is 1.75. The standard InChI is InChI=1S/C14H22N2O3/c1-14(2)6-3-11(4-7-14)19-9-10-5-8-18-12(10)13(17)16-15/h5,8,11H,3-4,6-7,9,15H2,1-2H3,(H,16,17). The van der Waals surface area contributed by atoms with Crippen LogP contribution in [0.15, 0.2) is 16.7 Å². The molecule has 1 saturated carbocycles. The first-order valence-corrected chi connectivity index (χ1v) is 6.71. The van der Waals surface area contributed by atoms with Crippen molar-refractivity contribution in [3.05, 3.63) is 23.7 Å². The van der Waals surface area contributed by atoms with Crippen LogP contribution in [0.5, 0.6) is 0 Å². The van der Waals surface area contributed by atoms with E-state index in [2.05, 4.69) is 19.3 Å². The molecule has 0 atom stereocenters. The third-order valence-corrected chi connectivity index (χ3v) is 3.84. The molecule has 0 spiro atoms. The van der Waals surface area contributed by atoms with E-state index in [1.165, 1.54) is 19.1 Å². The van der Waals surface area contributed by atoms with E-state index >= 15 is 0 Å². The number of furan rings is 1. The largest absolute Gasteiger partial charge is 0.459 e. The molecule has 106 valence electrons. The second-order valence-electron chi connectivity index (χ2n) is 5.92. The summed E-state index contributed by atoms with van der Waals surface area (Å²) in [4.78, 5) is 11.4. The van der Waals surface area contributed by atoms with Gasteiger partial charge in [0.05, 0.1) is 19.0 Å². The van der Waals surface area contributed by atoms with Crippen molar-refractivity contribution < 1.29 is 13.9 Å². The molecule has 1 fully saturated rings. The average molecular weight is 266 g/mol. The van der Waals surface area contributed by atoms with E-state index in [1.54, 1.807) is 6.07 Å². The number of hydrogen-bond acceptors (Lipinski definition) is 4. The molecule has 0 bridgehead atoms. The SMILES string of the molecule is CC1(C)CCC(OCc2ccoc2C(=O)NN)CC1. The zero-order chi connectivity index (χ0) is 13.9. The number of amides is 1. The number of carbonyl (C=O) groups is 1. The molecule has 0 aliphatic heterocycles. The summed E-state index contributed by atoms with van der Waals surface area (Å²) in [6.07, 6.45) is 6.26. The Morgan fingerprint density at radius 3 is 2.84 bits per heavy atom. The summed E-state index contributed by atoms with van der Waals surface area (Å²) < 4.78 is 11.0. The van der Waals surface area contributed by atoms with Crippen LogP contribution in [0, 0.1) is 5.41 Å². The van der Waals surface area contributed by atoms with Crippen molar-refractivity contribution >= 4 is 5.91 Å². The fraction of sp³-hybridized carbons (Fsp3) is 0.643. The maximum atomic E-state index is 11.4. The lowest BCUT2D eigenvalue weighted by Gasteiger charge is -2.34. The number of ether oxygens (including phenoxy) is 1. The number of nitrogens with one attached hydrogen (secondary N) is 1. The molecule has 2 rings (SSSR count). The van der Waals surface area contributed by atoms with Crippen LogP contribution in [0.1, 0.15) is 55.6 Å². The van der Waals surface area contributed by atoms with Gasteiger partial charge in [-0.05, 0) is 37.2 Å². The lowest BCUT2D eigenvalue weighted by Crippen LogP contribution is -2.30. The van der Waals surface area contributed by atoms with Crippen LogP contribution in [0.3, 0.4) is 0 Å². The number of hydrogen-bond donors (Lipinski definition) is 2. The first-order valence-electron chi connectivity index (χ1n) is 6.71. The molecule has 1 heterocycles. The van der Waals surface area contributed by atoms with Crippen LogP contribution >= 0.6 is 0 Å². The summed E-state index contributed by atoms with van der Waals surface area (Å²) in [5.41, 5.74) is 3.24. The zero-order valence-electron chi connectivity index (χ0n) is 11.6. The smallest absolute Gasteiger partial charge is 0.301 e. The van der Waals surface area contributed by atoms with E-state index in [1.807, 2.05) is 0 Å². The predicted octanol–water partition coefficient (Wildman–Crippen LogP) is 2.37. The van der Waals surface area contributed by atoms with Crippen LogP contribution in [0.25, 0.3) is 0 Å². The van der Waals surface area contributed by atoms with E-state index in [-0.39, 0.29) is 11.9 Å². The minimum absolute atomic E-state index is 0.235. The Hall–Kier alpha value is -1.33. The molecule has 1 aliphatic carbocycles. The van der Waals surface area contributed by atoms with Crippen LogP contribution in [-0.2, 0) is 11.3 Å². The minimum Gasteiger partial charge on any atom is -0.459 e. The highest BCUT2D eigenvalue weighted by Crippen LogP contribution is 2.36. The molecule has 3 N–H and O–H groups in total. The molecule has 0 unspecified atom stereocenters. The van der Waals surface area contributed by atoms with Gasteiger partial charge in [0.15, 0.2) is 5.76 Å². The number of nitrogens with two attached hydrogens (primary N) is 1. The molecule has 1 aliphatic rings. The molecule has 19 heavy (non-hydrogen) atoms. The monoisotopic (exact) mass is 266 g/mol. The molecule has 1 aromatic heterocycles. The fourth-order valence-electron chi connectivity index (χ4n) is 2.46. The first-order chi connectivity index (χ1) is 9.02. The fourth-order valence-corrected chi connectivity index (χ4v) is 2.46. The van der Waals surface area contributed by atoms with Gasteiger partial charge in [-0.25, -0.2) is 5.84 Å². The van der Waals surface area contributed by atoms with E-state index in [0.29, 0.717) is 12.0 Å². The Labute approximate surface area is 113 Å². The van der Waals surface area contributed by atoms with Crippen molar-refractivity contribution in [2.75, 3.05) is 0 Å². The van der Waals surface area contributed by atoms with Gasteiger partial charge in [-0.3, -0.25) is 10.2 Å². The average Bonchev–Trinajstić information content (AvgIpc) is 2.85. The molecule has 1 aromatic rings. The third kappa shape index (κ3) is 3.58. The van der Waals surface area contributed by atoms with Gasteiger partial charge in [0.2, 0.25) is 0 Å². The van der Waals surface area contributed by atoms with Crippen molar-refractivity contribution in [1.29, 1.82) is 0 Å². The number of hydrazine groups is 1. The van der Waals surface area contributed by atoms with Crippen LogP contribution < -0.4 is 11.3 Å². The highest BCUT2D eigenvalue weighted by atomic mass is 16.5. The molecular weight excluding hydrogens is 244 g/mol. The summed E-state index contributed by atoms with van der Waals surface area (Å²) >= 11 is 0. The predicted molar refractivity (Wildman–Crippen MR) is 71.2 cm³/mol. The molecule has 1 amide bonds. The van der Waals surface area contributed by atoms with Gasteiger partial charge in [0.1, 0.15) is 0 Å². The highest BCUT2D eigenvalue weighted by molar-refractivity contribution is 5.92. The normalized spacial score (nSPS) is 19.3. The van der Waals surface area contributed by atoms with Crippen molar-refractivity contribution in [2.45, 2.75) is 52.2 Å². The number of carbonyl (C=O) groups excluding carboxylic acids is 1. The van der Waals surface area contributed by atoms with Crippen LogP contribution in [0.2, 0.25) is 0 Å². The van der Waals surface area contributed by atoms with Crippen LogP contribution in [0.4, 0.5) is 0 Å². The topological polar surface area (TPSA) is 77.5 Å². The Balaban J connectivity index is 1.86. The Bertz CT molecular complexity index is 430. The second-order valence-corrected chi connectivity index (χ2v) is 5.92. The molecule has 0 saturated heterocycles. The minimum atomic E-state index is -0.423. The van der Waals surface area contributed by atoms with Crippen molar-refractivity contribution in [3.8, 4) is 0 Å². The van der Waals surface area contributed by atoms with Crippen molar-refractivity contribution in [2.24, 2.45) is 11.3 Å². The number of rotatable bonds is 4. The zero-order valence-corrected chi connectivity index (χ0v) is 11.6. The first kappa shape index (κ1) is 14.1. The van der Waals surface area contributed by atoms with Gasteiger partial charge in [-0.15, -0.1) is 0 Å². The quantitative estimate of drug-likeness (QED) is 0.498. The third-order valence-electron chi connectivity index (χ3n) is 3.84. The summed E-state index contributed by atoms with van der Waals surface area (Å²) in [5.74, 6) is 4.91. The Morgan fingerprint density at radius 2 is 2.21 bits per heavy atom. The maximum absolute atomic E-state index is 11.4. The van der Waals surface area contributed by atoms with Gasteiger partial charge >= 0.3 is 5.91 Å². The highest BCUT2D eigenvalue weighted by Gasteiger charge is 2.27. The molecule has 5 heteroatoms. The molecular formula is C14H22N2O3. The Kier molecular flexibility index (Phi) is 4.27. The lowest BCUT2D eigenvalue weighted by molar-refractivity contribution is -0.00604. The van der Waals surface area contributed by atoms with Gasteiger partial charge in [-0.2, -0.15) is 0 Å². The summed E-state index contributed by atoms with van der Waals surface area (Å²) in [7, 11) is 0.